The highest BCUT2D eigenvalue weighted by atomic mass is 16.5. The first-order valence-electron chi connectivity index (χ1n) is 3.95. The van der Waals surface area contributed by atoms with E-state index in [1.54, 1.807) is 7.11 Å². The molecule has 0 spiro atoms. The number of carbonyl (C=O) groups excluding carboxylic acids is 1. The molecule has 0 aliphatic rings. The molecule has 0 saturated carbocycles. The summed E-state index contributed by atoms with van der Waals surface area (Å²) in [7, 11) is 1.62. The van der Waals surface area contributed by atoms with Gasteiger partial charge in [0.25, 0.3) is 0 Å². The van der Waals surface area contributed by atoms with Gasteiger partial charge in [-0.25, -0.2) is 0 Å². The molecule has 2 rings (SSSR count). The van der Waals surface area contributed by atoms with Gasteiger partial charge in [0.05, 0.1) is 12.8 Å². The number of carbonyl (C=O) groups is 1. The van der Waals surface area contributed by atoms with Crippen LogP contribution in [0, 0.1) is 0 Å². The van der Waals surface area contributed by atoms with Crippen molar-refractivity contribution in [1.82, 2.24) is 4.98 Å². The zero-order valence-electron chi connectivity index (χ0n) is 7.20. The third kappa shape index (κ3) is 1.28. The predicted molar refractivity (Wildman–Crippen MR) is 50.2 cm³/mol. The molecule has 3 heteroatoms. The van der Waals surface area contributed by atoms with Crippen LogP contribution in [0.4, 0.5) is 0 Å². The molecule has 3 nitrogen and oxygen atoms in total. The Bertz CT molecular complexity index is 445. The molecule has 0 aliphatic carbocycles. The number of aldehydes is 1. The Morgan fingerprint density at radius 2 is 2.23 bits per heavy atom. The molecule has 13 heavy (non-hydrogen) atoms. The maximum Gasteiger partial charge on any atom is 0.166 e. The summed E-state index contributed by atoms with van der Waals surface area (Å²) in [6.45, 7) is 0. The van der Waals surface area contributed by atoms with E-state index in [0.29, 0.717) is 5.69 Å². The van der Waals surface area contributed by atoms with Crippen molar-refractivity contribution in [3.05, 3.63) is 30.0 Å². The first kappa shape index (κ1) is 7.86. The molecule has 0 aliphatic heterocycles. The van der Waals surface area contributed by atoms with Crippen LogP contribution in [0.2, 0.25) is 0 Å². The molecule has 1 aromatic carbocycles. The molecule has 0 unspecified atom stereocenters. The number of benzene rings is 1. The van der Waals surface area contributed by atoms with Gasteiger partial charge < -0.3 is 9.72 Å². The van der Waals surface area contributed by atoms with Crippen molar-refractivity contribution in [1.29, 1.82) is 0 Å². The number of aromatic nitrogens is 1. The second-order valence-corrected chi connectivity index (χ2v) is 2.80. The number of hydrogen-bond donors (Lipinski definition) is 1. The number of aromatic amines is 1. The van der Waals surface area contributed by atoms with Crippen LogP contribution < -0.4 is 4.74 Å². The van der Waals surface area contributed by atoms with Gasteiger partial charge in [0, 0.05) is 17.0 Å². The number of H-pyrrole nitrogens is 1. The van der Waals surface area contributed by atoms with E-state index < -0.39 is 0 Å². The molecule has 0 radical (unpaired) electrons. The third-order valence-electron chi connectivity index (χ3n) is 1.98. The normalized spacial score (nSPS) is 10.2. The molecule has 0 amide bonds. The quantitative estimate of drug-likeness (QED) is 0.709. The van der Waals surface area contributed by atoms with E-state index >= 15 is 0 Å². The van der Waals surface area contributed by atoms with Crippen LogP contribution in [0.15, 0.2) is 24.3 Å². The largest absolute Gasteiger partial charge is 0.497 e. The van der Waals surface area contributed by atoms with Crippen molar-refractivity contribution >= 4 is 17.2 Å². The van der Waals surface area contributed by atoms with Crippen molar-refractivity contribution in [2.45, 2.75) is 0 Å². The molecule has 1 aromatic heterocycles. The molecule has 1 heterocycles. The van der Waals surface area contributed by atoms with E-state index in [1.807, 2.05) is 24.3 Å². The van der Waals surface area contributed by atoms with Gasteiger partial charge in [-0.3, -0.25) is 4.79 Å². The van der Waals surface area contributed by atoms with Gasteiger partial charge in [0.1, 0.15) is 5.75 Å². The highest BCUT2D eigenvalue weighted by molar-refractivity contribution is 5.88. The topological polar surface area (TPSA) is 42.1 Å². The first-order valence-corrected chi connectivity index (χ1v) is 3.95. The van der Waals surface area contributed by atoms with Crippen molar-refractivity contribution in [2.24, 2.45) is 0 Å². The maximum absolute atomic E-state index is 10.5. The van der Waals surface area contributed by atoms with Crippen LogP contribution in [0.25, 0.3) is 10.9 Å². The zero-order chi connectivity index (χ0) is 9.26. The van der Waals surface area contributed by atoms with Gasteiger partial charge in [0.15, 0.2) is 6.29 Å². The Labute approximate surface area is 75.3 Å². The fourth-order valence-corrected chi connectivity index (χ4v) is 1.32. The van der Waals surface area contributed by atoms with Crippen LogP contribution in [0.3, 0.4) is 0 Å². The molecule has 0 bridgehead atoms. The van der Waals surface area contributed by atoms with Gasteiger partial charge >= 0.3 is 0 Å². The van der Waals surface area contributed by atoms with Gasteiger partial charge in [-0.15, -0.1) is 0 Å². The Morgan fingerprint density at radius 3 is 2.92 bits per heavy atom. The lowest BCUT2D eigenvalue weighted by atomic mass is 10.2. The number of ether oxygens (including phenoxy) is 1. The summed E-state index contributed by atoms with van der Waals surface area (Å²) < 4.78 is 5.06. The number of methoxy groups -OCH3 is 1. The number of hydrogen-bond acceptors (Lipinski definition) is 2. The monoisotopic (exact) mass is 175 g/mol. The van der Waals surface area contributed by atoms with Gasteiger partial charge in [-0.2, -0.15) is 0 Å². The Balaban J connectivity index is 2.63. The predicted octanol–water partition coefficient (Wildman–Crippen LogP) is 1.99. The van der Waals surface area contributed by atoms with Crippen LogP contribution in [-0.2, 0) is 0 Å². The molecule has 0 fully saturated rings. The van der Waals surface area contributed by atoms with E-state index in [2.05, 4.69) is 4.98 Å². The standard InChI is InChI=1S/C10H9NO2/c1-13-9-3-2-7-4-8(6-12)11-10(7)5-9/h2-6,11H,1H3. The lowest BCUT2D eigenvalue weighted by molar-refractivity contribution is 0.112. The van der Waals surface area contributed by atoms with Crippen LogP contribution in [0.5, 0.6) is 5.75 Å². The molecular weight excluding hydrogens is 166 g/mol. The average Bonchev–Trinajstić information content (AvgIpc) is 2.58. The fourth-order valence-electron chi connectivity index (χ4n) is 1.32. The maximum atomic E-state index is 10.5. The van der Waals surface area contributed by atoms with Gasteiger partial charge in [-0.05, 0) is 18.2 Å². The van der Waals surface area contributed by atoms with Crippen LogP contribution in [0.1, 0.15) is 10.5 Å². The van der Waals surface area contributed by atoms with Crippen molar-refractivity contribution < 1.29 is 9.53 Å². The summed E-state index contributed by atoms with van der Waals surface area (Å²) in [5.74, 6) is 0.784. The Kier molecular flexibility index (Phi) is 1.77. The van der Waals surface area contributed by atoms with E-state index in [-0.39, 0.29) is 0 Å². The summed E-state index contributed by atoms with van der Waals surface area (Å²) in [5.41, 5.74) is 1.50. The molecule has 1 N–H and O–H groups in total. The minimum Gasteiger partial charge on any atom is -0.497 e. The lowest BCUT2D eigenvalue weighted by Crippen LogP contribution is -1.81. The average molecular weight is 175 g/mol. The summed E-state index contributed by atoms with van der Waals surface area (Å²) >= 11 is 0. The number of rotatable bonds is 2. The van der Waals surface area contributed by atoms with Crippen molar-refractivity contribution in [3.8, 4) is 5.75 Å². The molecule has 66 valence electrons. The van der Waals surface area contributed by atoms with E-state index in [9.17, 15) is 4.79 Å². The fraction of sp³-hybridized carbons (Fsp3) is 0.100. The molecule has 2 aromatic rings. The second-order valence-electron chi connectivity index (χ2n) is 2.80. The summed E-state index contributed by atoms with van der Waals surface area (Å²) in [6.07, 6.45) is 0.798. The van der Waals surface area contributed by atoms with Gasteiger partial charge in [-0.1, -0.05) is 0 Å². The third-order valence-corrected chi connectivity index (χ3v) is 1.98. The lowest BCUT2D eigenvalue weighted by Gasteiger charge is -1.97. The van der Waals surface area contributed by atoms with Crippen molar-refractivity contribution in [3.63, 3.8) is 0 Å². The molecule has 0 saturated heterocycles. The summed E-state index contributed by atoms with van der Waals surface area (Å²) in [5, 5.41) is 1.02. The highest BCUT2D eigenvalue weighted by Gasteiger charge is 2.00. The minimum absolute atomic E-state index is 0.586. The van der Waals surface area contributed by atoms with Crippen molar-refractivity contribution in [2.75, 3.05) is 7.11 Å². The number of nitrogens with one attached hydrogen (secondary N) is 1. The smallest absolute Gasteiger partial charge is 0.166 e. The zero-order valence-corrected chi connectivity index (χ0v) is 7.20. The van der Waals surface area contributed by atoms with E-state index in [4.69, 9.17) is 4.74 Å². The van der Waals surface area contributed by atoms with E-state index in [1.165, 1.54) is 0 Å². The first-order chi connectivity index (χ1) is 6.33. The Hall–Kier alpha value is -1.77. The van der Waals surface area contributed by atoms with Crippen LogP contribution in [-0.4, -0.2) is 18.4 Å². The SMILES string of the molecule is COc1ccc2cc(C=O)[nH]c2c1. The summed E-state index contributed by atoms with van der Waals surface area (Å²) in [4.78, 5) is 13.4. The van der Waals surface area contributed by atoms with Crippen LogP contribution >= 0.6 is 0 Å². The Morgan fingerprint density at radius 1 is 1.38 bits per heavy atom. The second kappa shape index (κ2) is 2.94. The molecule has 0 atom stereocenters. The number of fused-ring (bicyclic) bond motifs is 1. The van der Waals surface area contributed by atoms with E-state index in [0.717, 1.165) is 22.9 Å². The minimum atomic E-state index is 0.586. The highest BCUT2D eigenvalue weighted by Crippen LogP contribution is 2.20. The summed E-state index contributed by atoms with van der Waals surface area (Å²) in [6, 6.07) is 7.45. The van der Waals surface area contributed by atoms with Gasteiger partial charge in [0.2, 0.25) is 0 Å². The molecular formula is C10H9NO2.